The smallest absolute Gasteiger partial charge is 0.340 e. The number of nitriles is 1. The summed E-state index contributed by atoms with van der Waals surface area (Å²) in [5.74, 6) is -3.97. The second-order valence-corrected chi connectivity index (χ2v) is 6.81. The fourth-order valence-electron chi connectivity index (χ4n) is 2.30. The molecule has 0 aromatic heterocycles. The average molecular weight is 417 g/mol. The number of Topliss-reactive ketones (excluding diaryl/α,β-unsaturated/α-hetero) is 1. The number of anilines is 2. The van der Waals surface area contributed by atoms with Crippen LogP contribution in [0.4, 0.5) is 20.2 Å². The molecule has 3 N–H and O–H groups in total. The highest BCUT2D eigenvalue weighted by Gasteiger charge is 2.17. The molecule has 0 saturated heterocycles. The lowest BCUT2D eigenvalue weighted by atomic mass is 10.1. The van der Waals surface area contributed by atoms with Crippen LogP contribution in [0.2, 0.25) is 0 Å². The summed E-state index contributed by atoms with van der Waals surface area (Å²) in [5.41, 5.74) is 6.39. The van der Waals surface area contributed by atoms with Gasteiger partial charge in [0.1, 0.15) is 11.6 Å². The number of esters is 1. The zero-order chi connectivity index (χ0) is 21.4. The first-order valence-electron chi connectivity index (χ1n) is 8.29. The predicted octanol–water partition coefficient (Wildman–Crippen LogP) is 4.23. The van der Waals surface area contributed by atoms with Crippen molar-refractivity contribution in [3.8, 4) is 6.07 Å². The summed E-state index contributed by atoms with van der Waals surface area (Å²) in [6.45, 7) is 0.784. The van der Waals surface area contributed by atoms with Gasteiger partial charge in [0.25, 0.3) is 5.76 Å². The molecular formula is C20H17F2N3O3S. The molecule has 2 rings (SSSR count). The van der Waals surface area contributed by atoms with E-state index in [4.69, 9.17) is 15.7 Å². The third-order valence-corrected chi connectivity index (χ3v) is 4.35. The minimum absolute atomic E-state index is 0.0454. The molecule has 0 atom stereocenters. The van der Waals surface area contributed by atoms with Gasteiger partial charge in [-0.1, -0.05) is 23.9 Å². The maximum atomic E-state index is 12.4. The lowest BCUT2D eigenvalue weighted by Gasteiger charge is -2.12. The van der Waals surface area contributed by atoms with E-state index in [-0.39, 0.29) is 16.8 Å². The number of para-hydroxylation sites is 1. The van der Waals surface area contributed by atoms with Crippen molar-refractivity contribution < 1.29 is 23.1 Å². The Hall–Kier alpha value is -3.38. The molecule has 6 nitrogen and oxygen atoms in total. The predicted molar refractivity (Wildman–Crippen MR) is 106 cm³/mol. The summed E-state index contributed by atoms with van der Waals surface area (Å²) < 4.78 is 29.8. The maximum Gasteiger partial charge on any atom is 0.340 e. The molecule has 0 bridgehead atoms. The van der Waals surface area contributed by atoms with Gasteiger partial charge < -0.3 is 15.8 Å². The molecule has 150 valence electrons. The van der Waals surface area contributed by atoms with Crippen LogP contribution in [0, 0.1) is 11.3 Å². The van der Waals surface area contributed by atoms with E-state index in [1.165, 1.54) is 25.1 Å². The number of nitrogens with zero attached hydrogens (tertiary/aromatic N) is 1. The molecule has 2 aromatic rings. The van der Waals surface area contributed by atoms with E-state index in [0.29, 0.717) is 28.0 Å². The molecule has 0 heterocycles. The van der Waals surface area contributed by atoms with E-state index in [9.17, 15) is 18.4 Å². The molecule has 9 heteroatoms. The van der Waals surface area contributed by atoms with Crippen LogP contribution in [-0.4, -0.2) is 24.1 Å². The Morgan fingerprint density at radius 1 is 1.21 bits per heavy atom. The van der Waals surface area contributed by atoms with Crippen LogP contribution in [0.3, 0.4) is 0 Å². The number of hydrogen-bond donors (Lipinski definition) is 2. The number of thioether (sulfide) groups is 1. The summed E-state index contributed by atoms with van der Waals surface area (Å²) >= 11 is 0.434. The van der Waals surface area contributed by atoms with E-state index in [2.05, 4.69) is 5.32 Å². The first-order chi connectivity index (χ1) is 13.8. The van der Waals surface area contributed by atoms with Crippen LogP contribution in [0.25, 0.3) is 0 Å². The number of benzene rings is 2. The Kier molecular flexibility index (Phi) is 7.74. The third kappa shape index (κ3) is 6.33. The van der Waals surface area contributed by atoms with Crippen LogP contribution < -0.4 is 11.1 Å². The van der Waals surface area contributed by atoms with Crippen molar-refractivity contribution in [3.05, 3.63) is 65.4 Å². The summed E-state index contributed by atoms with van der Waals surface area (Å²) in [4.78, 5) is 24.7. The van der Waals surface area contributed by atoms with Crippen LogP contribution in [0.15, 0.2) is 64.7 Å². The number of halogens is 2. The second kappa shape index (κ2) is 10.2. The van der Waals surface area contributed by atoms with Gasteiger partial charge in [-0.3, -0.25) is 4.79 Å². The molecule has 0 spiro atoms. The van der Waals surface area contributed by atoms with Crippen molar-refractivity contribution in [2.24, 2.45) is 5.73 Å². The molecule has 0 saturated carbocycles. The average Bonchev–Trinajstić information content (AvgIpc) is 2.68. The van der Waals surface area contributed by atoms with E-state index in [0.717, 1.165) is 0 Å². The zero-order valence-electron chi connectivity index (χ0n) is 15.3. The lowest BCUT2D eigenvalue weighted by molar-refractivity contribution is -0.118. The summed E-state index contributed by atoms with van der Waals surface area (Å²) in [6, 6.07) is 14.4. The highest BCUT2D eigenvalue weighted by atomic mass is 32.2. The Labute approximate surface area is 170 Å². The molecule has 0 unspecified atom stereocenters. The SMILES string of the molecule is C/C(N)=C(/C#N)C(=O)COC(=O)c1ccccc1Nc1ccc(SC(F)F)cc1. The van der Waals surface area contributed by atoms with Gasteiger partial charge in [-0.15, -0.1) is 0 Å². The van der Waals surface area contributed by atoms with Crippen LogP contribution in [0.1, 0.15) is 17.3 Å². The molecule has 29 heavy (non-hydrogen) atoms. The molecule has 0 radical (unpaired) electrons. The number of nitrogens with one attached hydrogen (secondary N) is 1. The van der Waals surface area contributed by atoms with Gasteiger partial charge in [0.05, 0.1) is 11.3 Å². The molecule has 0 amide bonds. The largest absolute Gasteiger partial charge is 0.454 e. The quantitative estimate of drug-likeness (QED) is 0.287. The summed E-state index contributed by atoms with van der Waals surface area (Å²) in [7, 11) is 0. The number of rotatable bonds is 8. The first kappa shape index (κ1) is 21.9. The topological polar surface area (TPSA) is 105 Å². The van der Waals surface area contributed by atoms with Crippen LogP contribution in [0.5, 0.6) is 0 Å². The summed E-state index contributed by atoms with van der Waals surface area (Å²) in [5, 5.41) is 11.9. The maximum absolute atomic E-state index is 12.4. The normalized spacial score (nSPS) is 11.4. The number of allylic oxidation sites excluding steroid dienone is 1. The van der Waals surface area contributed by atoms with Crippen molar-refractivity contribution in [3.63, 3.8) is 0 Å². The number of carbonyl (C=O) groups excluding carboxylic acids is 2. The van der Waals surface area contributed by atoms with Gasteiger partial charge >= 0.3 is 5.97 Å². The Balaban J connectivity index is 2.10. The fraction of sp³-hybridized carbons (Fsp3) is 0.150. The standard InChI is InChI=1S/C20H17F2N3O3S/c1-12(24)16(10-23)18(26)11-28-19(27)15-4-2-3-5-17(15)25-13-6-8-14(9-7-13)29-20(21)22/h2-9,20,25H,11,24H2,1H3/b16-12+. The fourth-order valence-corrected chi connectivity index (χ4v) is 2.80. The summed E-state index contributed by atoms with van der Waals surface area (Å²) in [6.07, 6.45) is 0. The van der Waals surface area contributed by atoms with Crippen LogP contribution in [-0.2, 0) is 9.53 Å². The van der Waals surface area contributed by atoms with Crippen molar-refractivity contribution in [2.45, 2.75) is 17.6 Å². The Morgan fingerprint density at radius 3 is 2.45 bits per heavy atom. The number of alkyl halides is 2. The van der Waals surface area contributed by atoms with E-state index < -0.39 is 24.1 Å². The molecule has 0 aliphatic heterocycles. The van der Waals surface area contributed by atoms with Gasteiger partial charge in [0.15, 0.2) is 6.61 Å². The van der Waals surface area contributed by atoms with Crippen molar-refractivity contribution in [2.75, 3.05) is 11.9 Å². The molecule has 0 fully saturated rings. The van der Waals surface area contributed by atoms with E-state index in [1.807, 2.05) is 0 Å². The van der Waals surface area contributed by atoms with E-state index in [1.54, 1.807) is 36.4 Å². The number of hydrogen-bond acceptors (Lipinski definition) is 7. The number of ketones is 1. The number of carbonyl (C=O) groups is 2. The van der Waals surface area contributed by atoms with Crippen molar-refractivity contribution in [1.82, 2.24) is 0 Å². The molecular weight excluding hydrogens is 400 g/mol. The van der Waals surface area contributed by atoms with Gasteiger partial charge in [-0.05, 0) is 43.3 Å². The Bertz CT molecular complexity index is 966. The van der Waals surface area contributed by atoms with Gasteiger partial charge in [0.2, 0.25) is 5.78 Å². The minimum atomic E-state index is -2.51. The minimum Gasteiger partial charge on any atom is -0.454 e. The second-order valence-electron chi connectivity index (χ2n) is 5.74. The molecule has 0 aliphatic rings. The van der Waals surface area contributed by atoms with Crippen LogP contribution >= 0.6 is 11.8 Å². The van der Waals surface area contributed by atoms with Crippen molar-refractivity contribution in [1.29, 1.82) is 5.26 Å². The van der Waals surface area contributed by atoms with Gasteiger partial charge in [-0.2, -0.15) is 14.0 Å². The van der Waals surface area contributed by atoms with Gasteiger partial charge in [0, 0.05) is 16.3 Å². The first-order valence-corrected chi connectivity index (χ1v) is 9.17. The highest BCUT2D eigenvalue weighted by molar-refractivity contribution is 7.99. The Morgan fingerprint density at radius 2 is 1.86 bits per heavy atom. The van der Waals surface area contributed by atoms with E-state index >= 15 is 0 Å². The van der Waals surface area contributed by atoms with Crippen molar-refractivity contribution >= 4 is 34.9 Å². The molecule has 0 aliphatic carbocycles. The number of ether oxygens (including phenoxy) is 1. The monoisotopic (exact) mass is 417 g/mol. The highest BCUT2D eigenvalue weighted by Crippen LogP contribution is 2.28. The number of nitrogens with two attached hydrogens (primary N) is 1. The lowest BCUT2D eigenvalue weighted by Crippen LogP contribution is -2.18. The molecule has 2 aromatic carbocycles. The third-order valence-electron chi connectivity index (χ3n) is 3.62. The van der Waals surface area contributed by atoms with Gasteiger partial charge in [-0.25, -0.2) is 4.79 Å². The zero-order valence-corrected chi connectivity index (χ0v) is 16.1.